The lowest BCUT2D eigenvalue weighted by Crippen LogP contribution is -2.32. The van der Waals surface area contributed by atoms with Crippen LogP contribution >= 0.6 is 38.3 Å². The van der Waals surface area contributed by atoms with Crippen molar-refractivity contribution in [3.63, 3.8) is 0 Å². The number of aromatic nitrogens is 8. The molecule has 2 unspecified atom stereocenters. The lowest BCUT2D eigenvalue weighted by molar-refractivity contribution is -0.0326. The van der Waals surface area contributed by atoms with E-state index in [9.17, 15) is 23.8 Å². The second-order valence-corrected chi connectivity index (χ2v) is 15.2. The Hall–Kier alpha value is -2.61. The van der Waals surface area contributed by atoms with Gasteiger partial charge in [0.25, 0.3) is 17.7 Å². The summed E-state index contributed by atoms with van der Waals surface area (Å²) in [6.45, 7) is -5.53. The first-order chi connectivity index (χ1) is 20.5. The molecule has 2 aliphatic heterocycles. The summed E-state index contributed by atoms with van der Waals surface area (Å²) in [6.07, 6.45) is -3.69. The fraction of sp³-hybridized carbons (Fsp3) is 0.500. The van der Waals surface area contributed by atoms with E-state index in [1.807, 2.05) is 0 Å². The number of nitrogens with zero attached hydrogens (tertiary/aromatic N) is 6. The van der Waals surface area contributed by atoms with Crippen molar-refractivity contribution in [2.24, 2.45) is 0 Å². The number of H-pyrrole nitrogens is 2. The minimum Gasteiger partial charge on any atom is -0.394 e. The standard InChI is InChI=1S/C20H24FN9O9P2S2/c21-12-10(3-31)38-19(29-6-25-13-15(29)27-20(22)28-17(13)32)14(12)41(35,43)36-4-11-9(39-40(34)42)1-8(37-11)7-2-23-16-18(33)24-5-26-30(7)16/h2,5-6,8-12,14,19,31,40H,1,3-4H2,(H,34,42)(H,35,43)(H,24,26,33)(H3,22,27,28,32)/t8-,9+,10-,11-,12-,14-,19-,41?/m1/s1. The van der Waals surface area contributed by atoms with Gasteiger partial charge in [0, 0.05) is 6.42 Å². The van der Waals surface area contributed by atoms with Gasteiger partial charge in [-0.3, -0.25) is 28.3 Å². The fourth-order valence-electron chi connectivity index (χ4n) is 5.19. The predicted octanol–water partition coefficient (Wildman–Crippen LogP) is 0.404. The molecule has 4 aromatic heterocycles. The van der Waals surface area contributed by atoms with Crippen molar-refractivity contribution in [2.75, 3.05) is 18.9 Å². The van der Waals surface area contributed by atoms with Crippen LogP contribution in [-0.4, -0.2) is 87.6 Å². The molecule has 0 radical (unpaired) electrons. The Balaban J connectivity index is 1.27. The van der Waals surface area contributed by atoms with Gasteiger partial charge in [-0.25, -0.2) is 18.9 Å². The number of hydrogen-bond acceptors (Lipinski definition) is 14. The maximum absolute atomic E-state index is 15.6. The average Bonchev–Trinajstić information content (AvgIpc) is 3.71. The molecule has 0 aromatic carbocycles. The molecule has 0 spiro atoms. The molecule has 9 atom stereocenters. The van der Waals surface area contributed by atoms with Crippen LogP contribution in [0.5, 0.6) is 0 Å². The van der Waals surface area contributed by atoms with Gasteiger partial charge in [0.1, 0.15) is 36.5 Å². The molecule has 4 aromatic rings. The Labute approximate surface area is 250 Å². The molecule has 2 aliphatic rings. The Morgan fingerprint density at radius 3 is 2.79 bits per heavy atom. The quantitative estimate of drug-likeness (QED) is 0.104. The Morgan fingerprint density at radius 1 is 1.26 bits per heavy atom. The van der Waals surface area contributed by atoms with Gasteiger partial charge in [0.15, 0.2) is 17.4 Å². The van der Waals surface area contributed by atoms with Crippen molar-refractivity contribution in [2.45, 2.75) is 48.9 Å². The van der Waals surface area contributed by atoms with Crippen molar-refractivity contribution in [1.29, 1.82) is 0 Å². The summed E-state index contributed by atoms with van der Waals surface area (Å²) < 4.78 is 66.8. The fourth-order valence-corrected chi connectivity index (χ4v) is 8.65. The van der Waals surface area contributed by atoms with Gasteiger partial charge in [0.05, 0.1) is 37.5 Å². The molecule has 0 aliphatic carbocycles. The average molecular weight is 680 g/mol. The SMILES string of the molecule is Nc1nc2c(ncn2[C@@H]2O[C@H](CO)[C@@H](F)[C@H]2P(=O)(S)OC[C@H]2O[C@@H](c3cnc4c(=O)[nH]cnn34)C[C@@H]2O[PH](=O)S)c(=O)[nH]1. The number of nitrogens with one attached hydrogen (secondary N) is 2. The number of aliphatic hydroxyl groups is 1. The summed E-state index contributed by atoms with van der Waals surface area (Å²) in [7, 11) is -2.78. The number of rotatable bonds is 9. The largest absolute Gasteiger partial charge is 0.394 e. The number of thiol groups is 2. The van der Waals surface area contributed by atoms with Crippen molar-refractivity contribution < 1.29 is 37.1 Å². The highest BCUT2D eigenvalue weighted by atomic mass is 32.7. The number of aromatic amines is 2. The highest BCUT2D eigenvalue weighted by Crippen LogP contribution is 2.64. The van der Waals surface area contributed by atoms with Crippen LogP contribution in [-0.2, 0) is 27.7 Å². The third-order valence-electron chi connectivity index (χ3n) is 7.11. The van der Waals surface area contributed by atoms with Gasteiger partial charge in [0.2, 0.25) is 18.8 Å². The lowest BCUT2D eigenvalue weighted by Gasteiger charge is -2.27. The van der Waals surface area contributed by atoms with E-state index >= 15 is 4.39 Å². The number of ether oxygens (including phenoxy) is 2. The van der Waals surface area contributed by atoms with Gasteiger partial charge < -0.3 is 34.3 Å². The zero-order valence-electron chi connectivity index (χ0n) is 21.6. The van der Waals surface area contributed by atoms with E-state index < -0.39 is 80.6 Å². The van der Waals surface area contributed by atoms with Gasteiger partial charge in [-0.2, -0.15) is 10.1 Å². The van der Waals surface area contributed by atoms with Crippen molar-refractivity contribution >= 4 is 61.1 Å². The number of alkyl halides is 1. The topological polar surface area (TPSA) is 244 Å². The van der Waals surface area contributed by atoms with Gasteiger partial charge in [-0.1, -0.05) is 24.5 Å². The van der Waals surface area contributed by atoms with Crippen LogP contribution in [0, 0.1) is 0 Å². The third-order valence-corrected chi connectivity index (χ3v) is 10.9. The van der Waals surface area contributed by atoms with E-state index in [-0.39, 0.29) is 29.2 Å². The van der Waals surface area contributed by atoms with E-state index in [0.717, 1.165) is 6.33 Å². The van der Waals surface area contributed by atoms with E-state index in [4.69, 9.17) is 24.3 Å². The monoisotopic (exact) mass is 679 g/mol. The summed E-state index contributed by atoms with van der Waals surface area (Å²) in [6, 6.07) is 0. The normalized spacial score (nSPS) is 29.8. The summed E-state index contributed by atoms with van der Waals surface area (Å²) in [5, 5.41) is 13.8. The molecular formula is C20H24FN9O9P2S2. The smallest absolute Gasteiger partial charge is 0.294 e. The summed E-state index contributed by atoms with van der Waals surface area (Å²) >= 11 is 8.07. The summed E-state index contributed by atoms with van der Waals surface area (Å²) in [5.41, 5.74) is 3.11. The Bertz CT molecular complexity index is 1870. The van der Waals surface area contributed by atoms with Crippen molar-refractivity contribution in [3.05, 3.63) is 45.3 Å². The predicted molar refractivity (Wildman–Crippen MR) is 153 cm³/mol. The van der Waals surface area contributed by atoms with Crippen molar-refractivity contribution in [1.82, 2.24) is 39.1 Å². The number of halogens is 1. The second kappa shape index (κ2) is 11.7. The molecule has 0 saturated carbocycles. The van der Waals surface area contributed by atoms with Crippen LogP contribution in [0.2, 0.25) is 0 Å². The first-order valence-corrected chi connectivity index (χ1v) is 18.0. The molecule has 18 nitrogen and oxygen atoms in total. The van der Waals surface area contributed by atoms with Gasteiger partial charge in [-0.05, 0) is 0 Å². The molecule has 2 saturated heterocycles. The maximum atomic E-state index is 15.6. The van der Waals surface area contributed by atoms with E-state index in [2.05, 4.69) is 54.5 Å². The number of imidazole rings is 2. The van der Waals surface area contributed by atoms with Crippen LogP contribution in [0.3, 0.4) is 0 Å². The molecule has 5 N–H and O–H groups in total. The van der Waals surface area contributed by atoms with Gasteiger partial charge in [-0.15, -0.1) is 0 Å². The number of aliphatic hydroxyl groups excluding tert-OH is 1. The molecule has 0 amide bonds. The molecule has 6 heterocycles. The highest BCUT2D eigenvalue weighted by Gasteiger charge is 2.55. The third kappa shape index (κ3) is 5.57. The van der Waals surface area contributed by atoms with Crippen LogP contribution < -0.4 is 16.9 Å². The molecule has 43 heavy (non-hydrogen) atoms. The van der Waals surface area contributed by atoms with Crippen LogP contribution in [0.25, 0.3) is 16.8 Å². The lowest BCUT2D eigenvalue weighted by atomic mass is 10.1. The highest BCUT2D eigenvalue weighted by molar-refractivity contribution is 8.46. The number of hydrogen-bond donors (Lipinski definition) is 6. The minimum absolute atomic E-state index is 0.0193. The summed E-state index contributed by atoms with van der Waals surface area (Å²) in [4.78, 5) is 41.1. The van der Waals surface area contributed by atoms with E-state index in [1.54, 1.807) is 0 Å². The second-order valence-electron chi connectivity index (χ2n) is 9.68. The van der Waals surface area contributed by atoms with E-state index in [0.29, 0.717) is 5.69 Å². The maximum Gasteiger partial charge on any atom is 0.294 e. The Kier molecular flexibility index (Phi) is 8.29. The van der Waals surface area contributed by atoms with Crippen molar-refractivity contribution in [3.8, 4) is 0 Å². The number of anilines is 1. The molecule has 6 rings (SSSR count). The number of nitrogen functional groups attached to an aromatic ring is 1. The Morgan fingerprint density at radius 2 is 2.05 bits per heavy atom. The zero-order chi connectivity index (χ0) is 30.6. The van der Waals surface area contributed by atoms with Crippen LogP contribution in [0.15, 0.2) is 28.4 Å². The molecule has 2 fully saturated rings. The summed E-state index contributed by atoms with van der Waals surface area (Å²) in [5.74, 6) is -0.247. The molecule has 0 bridgehead atoms. The zero-order valence-corrected chi connectivity index (χ0v) is 25.3. The molecular weight excluding hydrogens is 655 g/mol. The van der Waals surface area contributed by atoms with E-state index in [1.165, 1.54) is 21.6 Å². The molecule has 23 heteroatoms. The number of fused-ring (bicyclic) bond motifs is 2. The first-order valence-electron chi connectivity index (χ1n) is 12.5. The molecule has 232 valence electrons. The van der Waals surface area contributed by atoms with Gasteiger partial charge >= 0.3 is 0 Å². The minimum atomic E-state index is -4.29. The van der Waals surface area contributed by atoms with Crippen LogP contribution in [0.1, 0.15) is 24.4 Å². The first kappa shape index (κ1) is 30.4. The number of nitrogens with two attached hydrogens (primary N) is 1. The van der Waals surface area contributed by atoms with Crippen LogP contribution in [0.4, 0.5) is 10.3 Å².